The average Bonchev–Trinajstić information content (AvgIpc) is 3.27. The summed E-state index contributed by atoms with van der Waals surface area (Å²) in [5, 5.41) is 3.56. The van der Waals surface area contributed by atoms with Crippen LogP contribution in [0.15, 0.2) is 30.3 Å². The lowest BCUT2D eigenvalue weighted by Crippen LogP contribution is -2.38. The first-order chi connectivity index (χ1) is 9.72. The van der Waals surface area contributed by atoms with Crippen LogP contribution in [-0.2, 0) is 0 Å². The molecule has 112 valence electrons. The molecule has 0 spiro atoms. The van der Waals surface area contributed by atoms with E-state index in [1.54, 1.807) is 0 Å². The van der Waals surface area contributed by atoms with Gasteiger partial charge < -0.3 is 5.32 Å². The molecule has 1 unspecified atom stereocenters. The first kappa shape index (κ1) is 15.5. The highest BCUT2D eigenvalue weighted by molar-refractivity contribution is 5.20. The van der Waals surface area contributed by atoms with Crippen molar-refractivity contribution in [3.63, 3.8) is 0 Å². The lowest BCUT2D eigenvalue weighted by atomic mass is 10.0. The third-order valence-corrected chi connectivity index (χ3v) is 4.15. The summed E-state index contributed by atoms with van der Waals surface area (Å²) in [6.07, 6.45) is 4.06. The van der Waals surface area contributed by atoms with Crippen molar-refractivity contribution in [1.82, 2.24) is 10.2 Å². The molecule has 0 amide bonds. The van der Waals surface area contributed by atoms with Crippen molar-refractivity contribution in [3.8, 4) is 0 Å². The summed E-state index contributed by atoms with van der Waals surface area (Å²) in [7, 11) is 0. The Balaban J connectivity index is 2.09. The van der Waals surface area contributed by atoms with E-state index in [4.69, 9.17) is 0 Å². The van der Waals surface area contributed by atoms with Gasteiger partial charge in [-0.15, -0.1) is 0 Å². The lowest BCUT2D eigenvalue weighted by Gasteiger charge is -2.33. The molecule has 0 bridgehead atoms. The van der Waals surface area contributed by atoms with Gasteiger partial charge in [0.2, 0.25) is 0 Å². The van der Waals surface area contributed by atoms with Gasteiger partial charge in [0.05, 0.1) is 0 Å². The first-order valence-corrected chi connectivity index (χ1v) is 8.23. The van der Waals surface area contributed by atoms with Crippen LogP contribution < -0.4 is 5.32 Å². The Labute approximate surface area is 124 Å². The van der Waals surface area contributed by atoms with Crippen molar-refractivity contribution in [2.75, 3.05) is 19.6 Å². The highest BCUT2D eigenvalue weighted by Crippen LogP contribution is 2.34. The molecule has 1 aromatic rings. The van der Waals surface area contributed by atoms with Gasteiger partial charge in [0.15, 0.2) is 0 Å². The molecule has 1 N–H and O–H groups in total. The number of benzene rings is 1. The second-order valence-electron chi connectivity index (χ2n) is 6.39. The van der Waals surface area contributed by atoms with Gasteiger partial charge in [-0.3, -0.25) is 4.90 Å². The van der Waals surface area contributed by atoms with Crippen LogP contribution in [0.5, 0.6) is 0 Å². The molecule has 0 saturated heterocycles. The molecule has 1 fully saturated rings. The maximum Gasteiger partial charge on any atom is 0.0475 e. The van der Waals surface area contributed by atoms with Crippen molar-refractivity contribution in [3.05, 3.63) is 35.9 Å². The zero-order chi connectivity index (χ0) is 14.4. The monoisotopic (exact) mass is 274 g/mol. The quantitative estimate of drug-likeness (QED) is 0.736. The van der Waals surface area contributed by atoms with Gasteiger partial charge in [0, 0.05) is 18.6 Å². The smallest absolute Gasteiger partial charge is 0.0475 e. The Morgan fingerprint density at radius 3 is 2.45 bits per heavy atom. The topological polar surface area (TPSA) is 15.3 Å². The summed E-state index contributed by atoms with van der Waals surface area (Å²) in [4.78, 5) is 2.75. The molecule has 1 saturated carbocycles. The predicted octanol–water partition coefficient (Wildman–Crippen LogP) is 3.85. The van der Waals surface area contributed by atoms with Gasteiger partial charge in [-0.05, 0) is 43.8 Å². The minimum absolute atomic E-state index is 0.530. The number of nitrogens with one attached hydrogen (secondary N) is 1. The summed E-state index contributed by atoms with van der Waals surface area (Å²) in [6.45, 7) is 10.2. The van der Waals surface area contributed by atoms with Crippen LogP contribution >= 0.6 is 0 Å². The molecule has 2 nitrogen and oxygen atoms in total. The third kappa shape index (κ3) is 4.60. The van der Waals surface area contributed by atoms with Gasteiger partial charge in [-0.1, -0.05) is 51.1 Å². The molecule has 1 aliphatic rings. The predicted molar refractivity (Wildman–Crippen MR) is 86.9 cm³/mol. The number of rotatable bonds is 9. The van der Waals surface area contributed by atoms with Crippen LogP contribution in [0, 0.1) is 5.92 Å². The minimum Gasteiger partial charge on any atom is -0.315 e. The summed E-state index contributed by atoms with van der Waals surface area (Å²) in [6, 6.07) is 12.4. The van der Waals surface area contributed by atoms with E-state index in [0.717, 1.165) is 25.0 Å². The second-order valence-corrected chi connectivity index (χ2v) is 6.39. The van der Waals surface area contributed by atoms with Crippen LogP contribution in [0.25, 0.3) is 0 Å². The maximum absolute atomic E-state index is 3.56. The fourth-order valence-electron chi connectivity index (χ4n) is 2.79. The van der Waals surface area contributed by atoms with Gasteiger partial charge in [0.1, 0.15) is 0 Å². The van der Waals surface area contributed by atoms with E-state index in [-0.39, 0.29) is 0 Å². The largest absolute Gasteiger partial charge is 0.315 e. The number of nitrogens with zero attached hydrogens (tertiary/aromatic N) is 1. The molecule has 0 radical (unpaired) electrons. The summed E-state index contributed by atoms with van der Waals surface area (Å²) in [5.41, 5.74) is 1.46. The molecule has 1 aliphatic carbocycles. The van der Waals surface area contributed by atoms with E-state index in [2.05, 4.69) is 61.3 Å². The average molecular weight is 274 g/mol. The van der Waals surface area contributed by atoms with E-state index in [9.17, 15) is 0 Å². The summed E-state index contributed by atoms with van der Waals surface area (Å²) < 4.78 is 0. The van der Waals surface area contributed by atoms with Crippen molar-refractivity contribution in [1.29, 1.82) is 0 Å². The van der Waals surface area contributed by atoms with Gasteiger partial charge in [0.25, 0.3) is 0 Å². The number of likely N-dealkylation sites (N-methyl/N-ethyl adjacent to an activating group) is 1. The van der Waals surface area contributed by atoms with Crippen LogP contribution in [0.1, 0.15) is 51.6 Å². The van der Waals surface area contributed by atoms with Crippen LogP contribution in [-0.4, -0.2) is 30.6 Å². The standard InChI is InChI=1S/C18H30N2/c1-4-19-14-18(16-8-6-5-7-9-16)20(17-10-11-17)13-12-15(2)3/h5-9,15,17-19H,4,10-14H2,1-3H3. The van der Waals surface area contributed by atoms with Crippen LogP contribution in [0.4, 0.5) is 0 Å². The molecule has 0 heterocycles. The van der Waals surface area contributed by atoms with E-state index >= 15 is 0 Å². The zero-order valence-electron chi connectivity index (χ0n) is 13.3. The Bertz CT molecular complexity index is 370. The zero-order valence-corrected chi connectivity index (χ0v) is 13.3. The van der Waals surface area contributed by atoms with Crippen molar-refractivity contribution in [2.45, 2.75) is 52.1 Å². The Hall–Kier alpha value is -0.860. The highest BCUT2D eigenvalue weighted by Gasteiger charge is 2.34. The second kappa shape index (κ2) is 7.80. The van der Waals surface area contributed by atoms with Crippen LogP contribution in [0.3, 0.4) is 0 Å². The fraction of sp³-hybridized carbons (Fsp3) is 0.667. The third-order valence-electron chi connectivity index (χ3n) is 4.15. The molecule has 1 atom stereocenters. The summed E-state index contributed by atoms with van der Waals surface area (Å²) in [5.74, 6) is 0.784. The SMILES string of the molecule is CCNCC(c1ccccc1)N(CCC(C)C)C1CC1. The Morgan fingerprint density at radius 1 is 1.20 bits per heavy atom. The van der Waals surface area contributed by atoms with E-state index in [1.807, 2.05) is 0 Å². The Morgan fingerprint density at radius 2 is 1.90 bits per heavy atom. The summed E-state index contributed by atoms with van der Waals surface area (Å²) >= 11 is 0. The first-order valence-electron chi connectivity index (χ1n) is 8.23. The fourth-order valence-corrected chi connectivity index (χ4v) is 2.79. The van der Waals surface area contributed by atoms with Gasteiger partial charge in [-0.2, -0.15) is 0 Å². The normalized spacial score (nSPS) is 16.9. The van der Waals surface area contributed by atoms with Crippen molar-refractivity contribution >= 4 is 0 Å². The van der Waals surface area contributed by atoms with Gasteiger partial charge in [-0.25, -0.2) is 0 Å². The highest BCUT2D eigenvalue weighted by atomic mass is 15.2. The van der Waals surface area contributed by atoms with Crippen molar-refractivity contribution in [2.24, 2.45) is 5.92 Å². The minimum atomic E-state index is 0.530. The molecule has 0 aliphatic heterocycles. The van der Waals surface area contributed by atoms with Gasteiger partial charge >= 0.3 is 0 Å². The van der Waals surface area contributed by atoms with E-state index in [1.165, 1.54) is 31.4 Å². The molecule has 2 rings (SSSR count). The molecular formula is C18H30N2. The Kier molecular flexibility index (Phi) is 6.06. The van der Waals surface area contributed by atoms with E-state index < -0.39 is 0 Å². The molecule has 2 heteroatoms. The van der Waals surface area contributed by atoms with Crippen LogP contribution in [0.2, 0.25) is 0 Å². The molecular weight excluding hydrogens is 244 g/mol. The van der Waals surface area contributed by atoms with Crippen molar-refractivity contribution < 1.29 is 0 Å². The lowest BCUT2D eigenvalue weighted by molar-refractivity contribution is 0.173. The molecule has 1 aromatic carbocycles. The number of hydrogen-bond donors (Lipinski definition) is 1. The number of hydrogen-bond acceptors (Lipinski definition) is 2. The van der Waals surface area contributed by atoms with E-state index in [0.29, 0.717) is 6.04 Å². The molecule has 20 heavy (non-hydrogen) atoms. The maximum atomic E-state index is 3.56. The molecule has 0 aromatic heterocycles.